The van der Waals surface area contributed by atoms with E-state index in [1.54, 1.807) is 0 Å². The summed E-state index contributed by atoms with van der Waals surface area (Å²) >= 11 is 12.4. The van der Waals surface area contributed by atoms with Crippen molar-refractivity contribution >= 4 is 23.2 Å². The maximum absolute atomic E-state index is 6.42. The minimum absolute atomic E-state index is 0.682. The third-order valence-corrected chi connectivity index (χ3v) is 5.24. The minimum Gasteiger partial charge on any atom is -0.311 e. The van der Waals surface area contributed by atoms with Crippen molar-refractivity contribution in [3.05, 3.63) is 16.4 Å². The number of halogens is 2. The van der Waals surface area contributed by atoms with Crippen LogP contribution in [0.5, 0.6) is 0 Å². The smallest absolute Gasteiger partial charge is 0.0863 e. The predicted molar refractivity (Wildman–Crippen MR) is 85.5 cm³/mol. The molecule has 2 rings (SSSR count). The molecule has 1 N–H and O–H groups in total. The molecule has 20 heavy (non-hydrogen) atoms. The zero-order valence-electron chi connectivity index (χ0n) is 12.5. The molecular weight excluding hydrogens is 293 g/mol. The second kappa shape index (κ2) is 7.67. The van der Waals surface area contributed by atoms with E-state index < -0.39 is 0 Å². The van der Waals surface area contributed by atoms with E-state index in [9.17, 15) is 0 Å². The minimum atomic E-state index is 0.682. The van der Waals surface area contributed by atoms with Gasteiger partial charge in [0.25, 0.3) is 0 Å². The summed E-state index contributed by atoms with van der Waals surface area (Å²) in [6, 6.07) is 0. The molecule has 1 heterocycles. The van der Waals surface area contributed by atoms with Gasteiger partial charge in [-0.05, 0) is 44.6 Å². The van der Waals surface area contributed by atoms with Crippen LogP contribution in [0.15, 0.2) is 0 Å². The molecule has 0 aliphatic heterocycles. The van der Waals surface area contributed by atoms with Crippen LogP contribution in [-0.4, -0.2) is 22.2 Å². The van der Waals surface area contributed by atoms with Gasteiger partial charge in [-0.2, -0.15) is 5.10 Å². The van der Waals surface area contributed by atoms with E-state index in [1.165, 1.54) is 19.3 Å². The maximum atomic E-state index is 6.42. The van der Waals surface area contributed by atoms with Crippen molar-refractivity contribution in [3.8, 4) is 0 Å². The van der Waals surface area contributed by atoms with Gasteiger partial charge >= 0.3 is 0 Å². The highest BCUT2D eigenvalue weighted by atomic mass is 35.5. The summed E-state index contributed by atoms with van der Waals surface area (Å²) in [7, 11) is 0. The van der Waals surface area contributed by atoms with Crippen molar-refractivity contribution in [1.29, 1.82) is 0 Å². The lowest BCUT2D eigenvalue weighted by atomic mass is 9.98. The number of aryl methyl sites for hydroxylation is 2. The summed E-state index contributed by atoms with van der Waals surface area (Å²) in [5.74, 6) is 2.19. The summed E-state index contributed by atoms with van der Waals surface area (Å²) in [4.78, 5) is 0. The van der Waals surface area contributed by atoms with E-state index in [4.69, 9.17) is 23.2 Å². The summed E-state index contributed by atoms with van der Waals surface area (Å²) in [6.07, 6.45) is 4.78. The molecule has 1 aromatic rings. The van der Waals surface area contributed by atoms with Gasteiger partial charge in [-0.15, -0.1) is 11.6 Å². The first-order chi connectivity index (χ1) is 9.71. The Labute approximate surface area is 132 Å². The first kappa shape index (κ1) is 16.1. The highest BCUT2D eigenvalue weighted by molar-refractivity contribution is 6.31. The van der Waals surface area contributed by atoms with Crippen LogP contribution in [0.3, 0.4) is 0 Å². The Kier molecular flexibility index (Phi) is 6.19. The fourth-order valence-electron chi connectivity index (χ4n) is 3.15. The Morgan fingerprint density at radius 2 is 2.05 bits per heavy atom. The molecule has 2 unspecified atom stereocenters. The summed E-state index contributed by atoms with van der Waals surface area (Å²) < 4.78 is 2.02. The molecule has 1 saturated carbocycles. The monoisotopic (exact) mass is 317 g/mol. The molecule has 0 amide bonds. The standard InChI is InChI=1S/C15H25Cl2N3/c1-3-13-15(17)14(20(4-2)19-13)10-18-9-12-7-5-6-11(12)8-16/h11-12,18H,3-10H2,1-2H3. The SMILES string of the molecule is CCc1nn(CC)c(CNCC2CCCC2CCl)c1Cl. The molecule has 2 atom stereocenters. The Morgan fingerprint density at radius 3 is 2.70 bits per heavy atom. The molecule has 1 fully saturated rings. The van der Waals surface area contributed by atoms with Gasteiger partial charge in [0.1, 0.15) is 0 Å². The average molecular weight is 318 g/mol. The van der Waals surface area contributed by atoms with Gasteiger partial charge in [-0.3, -0.25) is 4.68 Å². The number of alkyl halides is 1. The van der Waals surface area contributed by atoms with Crippen LogP contribution in [0.1, 0.15) is 44.5 Å². The van der Waals surface area contributed by atoms with Crippen molar-refractivity contribution in [1.82, 2.24) is 15.1 Å². The van der Waals surface area contributed by atoms with Gasteiger partial charge in [-0.1, -0.05) is 24.9 Å². The van der Waals surface area contributed by atoms with E-state index in [0.717, 1.165) is 54.3 Å². The lowest BCUT2D eigenvalue weighted by Crippen LogP contribution is -2.26. The number of nitrogens with one attached hydrogen (secondary N) is 1. The summed E-state index contributed by atoms with van der Waals surface area (Å²) in [5, 5.41) is 8.94. The van der Waals surface area contributed by atoms with Crippen molar-refractivity contribution in [2.45, 2.75) is 52.6 Å². The van der Waals surface area contributed by atoms with Crippen molar-refractivity contribution in [2.75, 3.05) is 12.4 Å². The van der Waals surface area contributed by atoms with E-state index in [-0.39, 0.29) is 0 Å². The Morgan fingerprint density at radius 1 is 1.30 bits per heavy atom. The van der Waals surface area contributed by atoms with Crippen LogP contribution in [0.25, 0.3) is 0 Å². The van der Waals surface area contributed by atoms with Crippen molar-refractivity contribution in [2.24, 2.45) is 11.8 Å². The van der Waals surface area contributed by atoms with E-state index >= 15 is 0 Å². The average Bonchev–Trinajstić information content (AvgIpc) is 3.04. The van der Waals surface area contributed by atoms with Gasteiger partial charge in [0.2, 0.25) is 0 Å². The van der Waals surface area contributed by atoms with Gasteiger partial charge in [0, 0.05) is 19.0 Å². The van der Waals surface area contributed by atoms with Crippen molar-refractivity contribution in [3.63, 3.8) is 0 Å². The highest BCUT2D eigenvalue weighted by Gasteiger charge is 2.26. The lowest BCUT2D eigenvalue weighted by molar-refractivity contribution is 0.392. The summed E-state index contributed by atoms with van der Waals surface area (Å²) in [5.41, 5.74) is 2.12. The number of hydrogen-bond acceptors (Lipinski definition) is 2. The van der Waals surface area contributed by atoms with E-state index in [2.05, 4.69) is 24.3 Å². The third-order valence-electron chi connectivity index (χ3n) is 4.41. The first-order valence-electron chi connectivity index (χ1n) is 7.71. The predicted octanol–water partition coefficient (Wildman–Crippen LogP) is 3.86. The highest BCUT2D eigenvalue weighted by Crippen LogP contribution is 2.32. The van der Waals surface area contributed by atoms with Crippen LogP contribution in [0, 0.1) is 11.8 Å². The van der Waals surface area contributed by atoms with E-state index in [0.29, 0.717) is 5.92 Å². The Balaban J connectivity index is 1.92. The quantitative estimate of drug-likeness (QED) is 0.774. The molecule has 0 radical (unpaired) electrons. The molecule has 0 aromatic carbocycles. The number of aromatic nitrogens is 2. The van der Waals surface area contributed by atoms with Crippen LogP contribution in [0.4, 0.5) is 0 Å². The first-order valence-corrected chi connectivity index (χ1v) is 8.63. The molecule has 0 saturated heterocycles. The van der Waals surface area contributed by atoms with Crippen LogP contribution in [-0.2, 0) is 19.5 Å². The third kappa shape index (κ3) is 3.49. The molecule has 1 aromatic heterocycles. The molecule has 114 valence electrons. The van der Waals surface area contributed by atoms with Crippen LogP contribution < -0.4 is 5.32 Å². The largest absolute Gasteiger partial charge is 0.311 e. The number of rotatable bonds is 7. The zero-order valence-corrected chi connectivity index (χ0v) is 14.0. The van der Waals surface area contributed by atoms with Crippen LogP contribution in [0.2, 0.25) is 5.02 Å². The number of hydrogen-bond donors (Lipinski definition) is 1. The second-order valence-electron chi connectivity index (χ2n) is 5.61. The molecule has 0 spiro atoms. The van der Waals surface area contributed by atoms with Gasteiger partial charge in [-0.25, -0.2) is 0 Å². The molecule has 3 nitrogen and oxygen atoms in total. The molecule has 1 aliphatic rings. The number of nitrogens with zero attached hydrogens (tertiary/aromatic N) is 2. The molecule has 1 aliphatic carbocycles. The Bertz CT molecular complexity index is 431. The molecular formula is C15H25Cl2N3. The fourth-order valence-corrected chi connectivity index (χ4v) is 3.89. The normalized spacial score (nSPS) is 22.6. The maximum Gasteiger partial charge on any atom is 0.0863 e. The topological polar surface area (TPSA) is 29.9 Å². The fraction of sp³-hybridized carbons (Fsp3) is 0.800. The molecule has 5 heteroatoms. The van der Waals surface area contributed by atoms with Gasteiger partial charge in [0.15, 0.2) is 0 Å². The van der Waals surface area contributed by atoms with Crippen LogP contribution >= 0.6 is 23.2 Å². The van der Waals surface area contributed by atoms with Gasteiger partial charge < -0.3 is 5.32 Å². The molecule has 0 bridgehead atoms. The Hall–Kier alpha value is -0.250. The van der Waals surface area contributed by atoms with E-state index in [1.807, 2.05) is 4.68 Å². The van der Waals surface area contributed by atoms with Gasteiger partial charge in [0.05, 0.1) is 16.4 Å². The lowest BCUT2D eigenvalue weighted by Gasteiger charge is -2.18. The zero-order chi connectivity index (χ0) is 14.5. The summed E-state index contributed by atoms with van der Waals surface area (Å²) in [6.45, 7) is 6.89. The second-order valence-corrected chi connectivity index (χ2v) is 6.30. The van der Waals surface area contributed by atoms with Crippen molar-refractivity contribution < 1.29 is 0 Å².